The molecule has 22 heavy (non-hydrogen) atoms. The van der Waals surface area contributed by atoms with Crippen LogP contribution in [0.15, 0.2) is 30.2 Å². The van der Waals surface area contributed by atoms with E-state index in [1.165, 1.54) is 49.0 Å². The lowest BCUT2D eigenvalue weighted by Crippen LogP contribution is -2.18. The zero-order chi connectivity index (χ0) is 14.5. The monoisotopic (exact) mass is 313 g/mol. The molecule has 0 bridgehead atoms. The number of anilines is 1. The molecular formula is C16H19N5S. The van der Waals surface area contributed by atoms with Gasteiger partial charge in [-0.15, -0.1) is 11.8 Å². The van der Waals surface area contributed by atoms with Crippen LogP contribution in [-0.2, 0) is 0 Å². The quantitative estimate of drug-likeness (QED) is 0.929. The number of hydrogen-bond donors (Lipinski definition) is 1. The van der Waals surface area contributed by atoms with Crippen molar-refractivity contribution >= 4 is 17.4 Å². The molecule has 2 aromatic rings. The fraction of sp³-hybridized carbons (Fsp3) is 0.500. The van der Waals surface area contributed by atoms with E-state index in [-0.39, 0.29) is 5.37 Å². The fourth-order valence-corrected chi connectivity index (χ4v) is 4.19. The van der Waals surface area contributed by atoms with Gasteiger partial charge in [0.2, 0.25) is 0 Å². The van der Waals surface area contributed by atoms with Gasteiger partial charge in [-0.05, 0) is 37.5 Å². The van der Waals surface area contributed by atoms with Crippen LogP contribution in [-0.4, -0.2) is 20.0 Å². The molecule has 1 atom stereocenters. The summed E-state index contributed by atoms with van der Waals surface area (Å²) < 4.78 is 2.23. The molecule has 2 aromatic heterocycles. The van der Waals surface area contributed by atoms with E-state index in [0.717, 1.165) is 0 Å². The first-order valence-electron chi connectivity index (χ1n) is 8.08. The molecule has 5 rings (SSSR count). The van der Waals surface area contributed by atoms with Gasteiger partial charge in [0, 0.05) is 30.1 Å². The molecule has 0 radical (unpaired) electrons. The van der Waals surface area contributed by atoms with Gasteiger partial charge in [0.15, 0.2) is 0 Å². The maximum Gasteiger partial charge on any atom is 0.112 e. The molecule has 5 nitrogen and oxygen atoms in total. The van der Waals surface area contributed by atoms with Crippen LogP contribution in [0.2, 0.25) is 0 Å². The van der Waals surface area contributed by atoms with Gasteiger partial charge in [-0.25, -0.2) is 0 Å². The summed E-state index contributed by atoms with van der Waals surface area (Å²) in [6, 6.07) is 0.623. The van der Waals surface area contributed by atoms with Gasteiger partial charge in [-0.3, -0.25) is 9.78 Å². The predicted molar refractivity (Wildman–Crippen MR) is 87.6 cm³/mol. The number of rotatable bonds is 4. The van der Waals surface area contributed by atoms with Gasteiger partial charge >= 0.3 is 0 Å². The van der Waals surface area contributed by atoms with E-state index < -0.39 is 0 Å². The summed E-state index contributed by atoms with van der Waals surface area (Å²) in [5, 5.41) is 14.5. The smallest absolute Gasteiger partial charge is 0.112 e. The van der Waals surface area contributed by atoms with Crippen molar-refractivity contribution in [2.24, 2.45) is 0 Å². The van der Waals surface area contributed by atoms with Crippen LogP contribution in [0.3, 0.4) is 0 Å². The zero-order valence-electron chi connectivity index (χ0n) is 12.4. The van der Waals surface area contributed by atoms with Crippen molar-refractivity contribution in [2.45, 2.75) is 49.4 Å². The zero-order valence-corrected chi connectivity index (χ0v) is 13.2. The normalized spacial score (nSPS) is 24.9. The summed E-state index contributed by atoms with van der Waals surface area (Å²) in [6.07, 6.45) is 14.9. The molecule has 1 N–H and O–H groups in total. The highest BCUT2D eigenvalue weighted by atomic mass is 32.2. The van der Waals surface area contributed by atoms with Crippen LogP contribution in [0, 0.1) is 0 Å². The highest BCUT2D eigenvalue weighted by Crippen LogP contribution is 2.49. The molecule has 2 fully saturated rings. The van der Waals surface area contributed by atoms with Crippen molar-refractivity contribution in [2.75, 3.05) is 4.90 Å². The third-order valence-corrected chi connectivity index (χ3v) is 5.95. The average molecular weight is 313 g/mol. The second kappa shape index (κ2) is 4.91. The Morgan fingerprint density at radius 2 is 2.14 bits per heavy atom. The second-order valence-electron chi connectivity index (χ2n) is 6.45. The predicted octanol–water partition coefficient (Wildman–Crippen LogP) is 3.93. The minimum absolute atomic E-state index is 0.273. The standard InChI is InChI=1S/C16H19N5S/c1-2-13(3-1)21-10-14(15(19-21)11-4-5-11)20-6-7-22-16(20)12-8-17-18-9-12/h6-11,13,16H,1-5H2,(H,17,18). The summed E-state index contributed by atoms with van der Waals surface area (Å²) in [4.78, 5) is 2.37. The van der Waals surface area contributed by atoms with E-state index in [9.17, 15) is 0 Å². The number of aromatic nitrogens is 4. The average Bonchev–Trinajstić information content (AvgIpc) is 2.93. The topological polar surface area (TPSA) is 49.7 Å². The molecule has 3 aliphatic rings. The molecule has 0 spiro atoms. The number of thioether (sulfide) groups is 1. The summed E-state index contributed by atoms with van der Waals surface area (Å²) in [7, 11) is 0. The van der Waals surface area contributed by atoms with E-state index in [1.807, 2.05) is 24.2 Å². The first-order chi connectivity index (χ1) is 10.9. The Morgan fingerprint density at radius 1 is 1.23 bits per heavy atom. The molecule has 3 heterocycles. The minimum atomic E-state index is 0.273. The van der Waals surface area contributed by atoms with E-state index in [4.69, 9.17) is 5.10 Å². The number of hydrogen-bond acceptors (Lipinski definition) is 4. The van der Waals surface area contributed by atoms with E-state index in [1.54, 1.807) is 0 Å². The Balaban J connectivity index is 1.52. The maximum absolute atomic E-state index is 4.96. The molecule has 0 aromatic carbocycles. The Hall–Kier alpha value is -1.69. The van der Waals surface area contributed by atoms with Gasteiger partial charge in [-0.2, -0.15) is 10.2 Å². The van der Waals surface area contributed by atoms with Crippen LogP contribution in [0.1, 0.15) is 60.7 Å². The highest BCUT2D eigenvalue weighted by Gasteiger charge is 2.35. The fourth-order valence-electron chi connectivity index (χ4n) is 3.24. The summed E-state index contributed by atoms with van der Waals surface area (Å²) in [5.41, 5.74) is 3.81. The van der Waals surface area contributed by atoms with Crippen LogP contribution < -0.4 is 4.90 Å². The molecule has 0 amide bonds. The lowest BCUT2D eigenvalue weighted by atomic mass is 9.93. The van der Waals surface area contributed by atoms with Gasteiger partial charge in [0.05, 0.1) is 23.6 Å². The van der Waals surface area contributed by atoms with Crippen molar-refractivity contribution < 1.29 is 0 Å². The number of nitrogens with zero attached hydrogens (tertiary/aromatic N) is 4. The second-order valence-corrected chi connectivity index (χ2v) is 7.44. The summed E-state index contributed by atoms with van der Waals surface area (Å²) in [5.74, 6) is 0.667. The van der Waals surface area contributed by atoms with Crippen molar-refractivity contribution in [3.8, 4) is 0 Å². The number of H-pyrrole nitrogens is 1. The molecule has 2 saturated carbocycles. The van der Waals surface area contributed by atoms with E-state index in [0.29, 0.717) is 12.0 Å². The largest absolute Gasteiger partial charge is 0.328 e. The first kappa shape index (κ1) is 12.8. The number of nitrogens with one attached hydrogen (secondary N) is 1. The molecule has 114 valence electrons. The third kappa shape index (κ3) is 2.00. The van der Waals surface area contributed by atoms with Crippen LogP contribution >= 0.6 is 11.8 Å². The van der Waals surface area contributed by atoms with Crippen molar-refractivity contribution in [1.29, 1.82) is 0 Å². The third-order valence-electron chi connectivity index (χ3n) is 4.92. The molecule has 0 saturated heterocycles. The van der Waals surface area contributed by atoms with Crippen LogP contribution in [0.25, 0.3) is 0 Å². The summed E-state index contributed by atoms with van der Waals surface area (Å²) >= 11 is 1.83. The first-order valence-corrected chi connectivity index (χ1v) is 9.02. The summed E-state index contributed by atoms with van der Waals surface area (Å²) in [6.45, 7) is 0. The van der Waals surface area contributed by atoms with Crippen molar-refractivity contribution in [3.05, 3.63) is 41.5 Å². The highest BCUT2D eigenvalue weighted by molar-refractivity contribution is 8.02. The molecule has 2 aliphatic carbocycles. The Labute approximate surface area is 133 Å². The molecule has 1 unspecified atom stereocenters. The minimum Gasteiger partial charge on any atom is -0.328 e. The maximum atomic E-state index is 4.96. The van der Waals surface area contributed by atoms with Crippen molar-refractivity contribution in [1.82, 2.24) is 20.0 Å². The lowest BCUT2D eigenvalue weighted by Gasteiger charge is -2.26. The SMILES string of the molecule is C1=CN(c2cn(C3CCC3)nc2C2CC2)C(c2cn[nH]c2)S1. The van der Waals surface area contributed by atoms with Gasteiger partial charge in [-0.1, -0.05) is 0 Å². The van der Waals surface area contributed by atoms with E-state index in [2.05, 4.69) is 37.6 Å². The lowest BCUT2D eigenvalue weighted by molar-refractivity contribution is 0.288. The van der Waals surface area contributed by atoms with Gasteiger partial charge in [0.25, 0.3) is 0 Å². The Bertz CT molecular complexity index is 696. The molecule has 1 aliphatic heterocycles. The van der Waals surface area contributed by atoms with Crippen LogP contribution in [0.4, 0.5) is 5.69 Å². The van der Waals surface area contributed by atoms with Crippen LogP contribution in [0.5, 0.6) is 0 Å². The molecular weight excluding hydrogens is 294 g/mol. The van der Waals surface area contributed by atoms with E-state index >= 15 is 0 Å². The van der Waals surface area contributed by atoms with Gasteiger partial charge < -0.3 is 4.90 Å². The Morgan fingerprint density at radius 3 is 2.82 bits per heavy atom. The number of aromatic amines is 1. The Kier molecular flexibility index (Phi) is 2.86. The van der Waals surface area contributed by atoms with Gasteiger partial charge in [0.1, 0.15) is 5.37 Å². The van der Waals surface area contributed by atoms with Crippen molar-refractivity contribution in [3.63, 3.8) is 0 Å². The molecule has 6 heteroatoms.